The third kappa shape index (κ3) is 4.76. The van der Waals surface area contributed by atoms with Gasteiger partial charge in [-0.25, -0.2) is 0 Å². The highest BCUT2D eigenvalue weighted by atomic mass is 35.5. The third-order valence-electron chi connectivity index (χ3n) is 4.23. The van der Waals surface area contributed by atoms with E-state index in [9.17, 15) is 20.0 Å². The topological polar surface area (TPSA) is 92.3 Å². The molecule has 0 aliphatic rings. The SMILES string of the molecule is CCOCCCn1c(O)c(C(=O)Cc2ccc(Cl)cc2)c(C)c(C#N)c1=O. The fourth-order valence-electron chi connectivity index (χ4n) is 2.84. The van der Waals surface area contributed by atoms with Crippen LogP contribution in [0.3, 0.4) is 0 Å². The maximum absolute atomic E-state index is 12.8. The number of ketones is 1. The smallest absolute Gasteiger partial charge is 0.271 e. The summed E-state index contributed by atoms with van der Waals surface area (Å²) < 4.78 is 6.31. The molecule has 0 spiro atoms. The van der Waals surface area contributed by atoms with E-state index in [0.29, 0.717) is 24.7 Å². The predicted octanol–water partition coefficient (Wildman–Crippen LogP) is 3.24. The Morgan fingerprint density at radius 1 is 1.33 bits per heavy atom. The number of rotatable bonds is 8. The number of nitriles is 1. The van der Waals surface area contributed by atoms with Gasteiger partial charge in [0.25, 0.3) is 5.56 Å². The van der Waals surface area contributed by atoms with Gasteiger partial charge in [-0.05, 0) is 43.5 Å². The fraction of sp³-hybridized carbons (Fsp3) is 0.350. The van der Waals surface area contributed by atoms with Crippen LogP contribution in [0.2, 0.25) is 5.02 Å². The molecule has 0 atom stereocenters. The Labute approximate surface area is 162 Å². The largest absolute Gasteiger partial charge is 0.494 e. The first kappa shape index (κ1) is 20.7. The van der Waals surface area contributed by atoms with Gasteiger partial charge in [0.15, 0.2) is 5.78 Å². The maximum Gasteiger partial charge on any atom is 0.271 e. The van der Waals surface area contributed by atoms with Crippen LogP contribution in [0.5, 0.6) is 5.88 Å². The lowest BCUT2D eigenvalue weighted by molar-refractivity contribution is 0.0987. The van der Waals surface area contributed by atoms with Crippen molar-refractivity contribution >= 4 is 17.4 Å². The van der Waals surface area contributed by atoms with E-state index in [0.717, 1.165) is 10.1 Å². The van der Waals surface area contributed by atoms with Crippen molar-refractivity contribution in [1.82, 2.24) is 4.57 Å². The highest BCUT2D eigenvalue weighted by Crippen LogP contribution is 2.24. The van der Waals surface area contributed by atoms with Crippen molar-refractivity contribution in [2.45, 2.75) is 33.2 Å². The van der Waals surface area contributed by atoms with Crippen molar-refractivity contribution in [1.29, 1.82) is 5.26 Å². The molecule has 142 valence electrons. The Morgan fingerprint density at radius 3 is 2.59 bits per heavy atom. The van der Waals surface area contributed by atoms with Crippen LogP contribution >= 0.6 is 11.6 Å². The summed E-state index contributed by atoms with van der Waals surface area (Å²) >= 11 is 5.86. The lowest BCUT2D eigenvalue weighted by Crippen LogP contribution is -2.27. The highest BCUT2D eigenvalue weighted by molar-refractivity contribution is 6.30. The van der Waals surface area contributed by atoms with E-state index in [2.05, 4.69) is 0 Å². The molecule has 0 saturated carbocycles. The van der Waals surface area contributed by atoms with Crippen molar-refractivity contribution in [3.63, 3.8) is 0 Å². The third-order valence-corrected chi connectivity index (χ3v) is 4.48. The number of aromatic nitrogens is 1. The molecular formula is C20H21ClN2O4. The first-order valence-corrected chi connectivity index (χ1v) is 9.00. The molecule has 0 unspecified atom stereocenters. The van der Waals surface area contributed by atoms with Gasteiger partial charge < -0.3 is 9.84 Å². The number of Topliss-reactive ketones (excluding diaryl/α,β-unsaturated/α-hetero) is 1. The molecule has 6 nitrogen and oxygen atoms in total. The van der Waals surface area contributed by atoms with E-state index < -0.39 is 11.4 Å². The van der Waals surface area contributed by atoms with Gasteiger partial charge in [0.2, 0.25) is 5.88 Å². The van der Waals surface area contributed by atoms with Gasteiger partial charge in [0.1, 0.15) is 11.6 Å². The number of carbonyl (C=O) groups excluding carboxylic acids is 1. The Kier molecular flexibility index (Phi) is 7.17. The van der Waals surface area contributed by atoms with Crippen LogP contribution in [0.15, 0.2) is 29.1 Å². The Morgan fingerprint density at radius 2 is 2.00 bits per heavy atom. The number of nitrogens with zero attached hydrogens (tertiary/aromatic N) is 2. The molecule has 0 amide bonds. The monoisotopic (exact) mass is 388 g/mol. The molecule has 1 aromatic carbocycles. The van der Waals surface area contributed by atoms with Crippen LogP contribution in [0.4, 0.5) is 0 Å². The number of hydrogen-bond acceptors (Lipinski definition) is 5. The molecule has 0 aliphatic heterocycles. The van der Waals surface area contributed by atoms with Gasteiger partial charge in [0, 0.05) is 31.2 Å². The Balaban J connectivity index is 2.42. The molecule has 1 aromatic heterocycles. The van der Waals surface area contributed by atoms with E-state index in [-0.39, 0.29) is 35.4 Å². The number of aromatic hydroxyl groups is 1. The molecule has 0 radical (unpaired) electrons. The van der Waals surface area contributed by atoms with Gasteiger partial charge in [-0.2, -0.15) is 5.26 Å². The standard InChI is InChI=1S/C20H21ClN2O4/c1-3-27-10-4-9-23-19(25)16(12-22)13(2)18(20(23)26)17(24)11-14-5-7-15(21)8-6-14/h5-8,26H,3-4,9-11H2,1-2H3. The summed E-state index contributed by atoms with van der Waals surface area (Å²) in [7, 11) is 0. The Hall–Kier alpha value is -2.62. The molecule has 0 aliphatic carbocycles. The van der Waals surface area contributed by atoms with E-state index in [1.807, 2.05) is 13.0 Å². The summed E-state index contributed by atoms with van der Waals surface area (Å²) in [4.78, 5) is 25.3. The summed E-state index contributed by atoms with van der Waals surface area (Å²) in [5.41, 5.74) is 0.170. The van der Waals surface area contributed by atoms with Crippen LogP contribution in [0, 0.1) is 18.3 Å². The minimum atomic E-state index is -0.605. The molecule has 0 fully saturated rings. The molecule has 1 heterocycles. The molecule has 0 bridgehead atoms. The zero-order chi connectivity index (χ0) is 20.0. The van der Waals surface area contributed by atoms with Crippen LogP contribution in [-0.4, -0.2) is 28.7 Å². The molecule has 2 aromatic rings. The average molecular weight is 389 g/mol. The second kappa shape index (κ2) is 9.36. The summed E-state index contributed by atoms with van der Waals surface area (Å²) in [6.45, 7) is 4.46. The number of benzene rings is 1. The number of carbonyl (C=O) groups is 1. The molecule has 7 heteroatoms. The minimum absolute atomic E-state index is 0.00231. The van der Waals surface area contributed by atoms with E-state index in [1.165, 1.54) is 6.92 Å². The zero-order valence-electron chi connectivity index (χ0n) is 15.3. The molecule has 2 rings (SSSR count). The molecule has 1 N–H and O–H groups in total. The average Bonchev–Trinajstić information content (AvgIpc) is 2.63. The number of hydrogen-bond donors (Lipinski definition) is 1. The van der Waals surface area contributed by atoms with Gasteiger partial charge in [-0.15, -0.1) is 0 Å². The summed E-state index contributed by atoms with van der Waals surface area (Å²) in [5, 5.41) is 20.5. The van der Waals surface area contributed by atoms with Crippen LogP contribution < -0.4 is 5.56 Å². The number of halogens is 1. The zero-order valence-corrected chi connectivity index (χ0v) is 16.0. The molecule has 0 saturated heterocycles. The second-order valence-corrected chi connectivity index (χ2v) is 6.48. The first-order valence-electron chi connectivity index (χ1n) is 8.62. The first-order chi connectivity index (χ1) is 12.9. The summed E-state index contributed by atoms with van der Waals surface area (Å²) in [5.74, 6) is -0.783. The quantitative estimate of drug-likeness (QED) is 0.553. The highest BCUT2D eigenvalue weighted by Gasteiger charge is 2.23. The van der Waals surface area contributed by atoms with Crippen LogP contribution in [0.25, 0.3) is 0 Å². The van der Waals surface area contributed by atoms with E-state index >= 15 is 0 Å². The van der Waals surface area contributed by atoms with Crippen molar-refractivity contribution in [3.05, 3.63) is 61.9 Å². The van der Waals surface area contributed by atoms with Gasteiger partial charge in [-0.1, -0.05) is 23.7 Å². The normalized spacial score (nSPS) is 10.6. The maximum atomic E-state index is 12.8. The number of pyridine rings is 1. The van der Waals surface area contributed by atoms with Crippen LogP contribution in [-0.2, 0) is 17.7 Å². The lowest BCUT2D eigenvalue weighted by Gasteiger charge is -2.15. The van der Waals surface area contributed by atoms with Gasteiger partial charge in [-0.3, -0.25) is 14.2 Å². The van der Waals surface area contributed by atoms with Crippen molar-refractivity contribution in [3.8, 4) is 11.9 Å². The fourth-order valence-corrected chi connectivity index (χ4v) is 2.96. The minimum Gasteiger partial charge on any atom is -0.494 e. The molecular weight excluding hydrogens is 368 g/mol. The van der Waals surface area contributed by atoms with Crippen molar-refractivity contribution < 1.29 is 14.6 Å². The van der Waals surface area contributed by atoms with Gasteiger partial charge >= 0.3 is 0 Å². The predicted molar refractivity (Wildman–Crippen MR) is 102 cm³/mol. The second-order valence-electron chi connectivity index (χ2n) is 6.04. The van der Waals surface area contributed by atoms with E-state index in [1.54, 1.807) is 24.3 Å². The van der Waals surface area contributed by atoms with Crippen LogP contribution in [0.1, 0.15) is 40.4 Å². The van der Waals surface area contributed by atoms with Crippen molar-refractivity contribution in [2.24, 2.45) is 0 Å². The summed E-state index contributed by atoms with van der Waals surface area (Å²) in [6.07, 6.45) is 0.494. The lowest BCUT2D eigenvalue weighted by atomic mass is 9.97. The molecule has 27 heavy (non-hydrogen) atoms. The number of ether oxygens (including phenoxy) is 1. The summed E-state index contributed by atoms with van der Waals surface area (Å²) in [6, 6.07) is 8.64. The Bertz CT molecular complexity index is 927. The van der Waals surface area contributed by atoms with Crippen molar-refractivity contribution in [2.75, 3.05) is 13.2 Å². The van der Waals surface area contributed by atoms with Gasteiger partial charge in [0.05, 0.1) is 5.56 Å². The van der Waals surface area contributed by atoms with E-state index in [4.69, 9.17) is 16.3 Å².